The predicted octanol–water partition coefficient (Wildman–Crippen LogP) is 5.28. The van der Waals surface area contributed by atoms with Crippen LogP contribution in [-0.4, -0.2) is 60.6 Å². The van der Waals surface area contributed by atoms with Gasteiger partial charge >= 0.3 is 5.97 Å². The number of halogens is 2. The average Bonchev–Trinajstić information content (AvgIpc) is 3.24. The van der Waals surface area contributed by atoms with Gasteiger partial charge in [-0.2, -0.15) is 5.01 Å². The first-order valence-corrected chi connectivity index (χ1v) is 15.4. The Morgan fingerprint density at radius 1 is 0.841 bits per heavy atom. The molecule has 1 heterocycles. The molecule has 4 atom stereocenters. The summed E-state index contributed by atoms with van der Waals surface area (Å²) in [5, 5.41) is 12.7. The zero-order valence-electron chi connectivity index (χ0n) is 23.2. The minimum atomic E-state index is -0.844. The third-order valence-corrected chi connectivity index (χ3v) is 10.4. The molecule has 1 saturated heterocycles. The second kappa shape index (κ2) is 12.8. The fraction of sp³-hybridized carbons (Fsp3) is 0.258. The van der Waals surface area contributed by atoms with Crippen LogP contribution in [0.1, 0.15) is 49.5 Å². The molecule has 5 rings (SSSR count). The van der Waals surface area contributed by atoms with Crippen LogP contribution >= 0.6 is 31.9 Å². The molecule has 3 aromatic rings. The number of nitro groups is 1. The smallest absolute Gasteiger partial charge is 0.343 e. The number of rotatable bonds is 8. The van der Waals surface area contributed by atoms with Gasteiger partial charge in [-0.1, -0.05) is 49.6 Å². The van der Waals surface area contributed by atoms with Crippen molar-refractivity contribution in [2.75, 3.05) is 6.54 Å². The summed E-state index contributed by atoms with van der Waals surface area (Å²) in [6.45, 7) is 1.23. The number of carbonyl (C=O) groups excluding carboxylic acids is 5. The standard InChI is InChI=1S/C31H25Br2N3O8/c1-17-2-4-20(5-3-17)31(41)44-22-12-8-18(9-13-22)27(37)16-34(28(38)19-6-10-21(11-7-19)36(42)43)35-29(39)23-14-25(32)26(33)15-24(23)30(35)40/h2-13,23-26H,14-16H2,1H3/t23-,24+,25+,26-. The summed E-state index contributed by atoms with van der Waals surface area (Å²) in [6, 6.07) is 17.2. The summed E-state index contributed by atoms with van der Waals surface area (Å²) in [7, 11) is 0. The number of nitro benzene ring substituents is 1. The number of carbonyl (C=O) groups is 5. The van der Waals surface area contributed by atoms with Gasteiger partial charge in [-0.3, -0.25) is 29.3 Å². The number of imide groups is 1. The molecule has 1 saturated carbocycles. The van der Waals surface area contributed by atoms with Crippen LogP contribution in [0.3, 0.4) is 0 Å². The van der Waals surface area contributed by atoms with Gasteiger partial charge in [0.2, 0.25) is 0 Å². The number of esters is 1. The first-order valence-electron chi connectivity index (χ1n) is 13.6. The van der Waals surface area contributed by atoms with Crippen molar-refractivity contribution in [3.8, 4) is 5.75 Å². The maximum Gasteiger partial charge on any atom is 0.343 e. The Morgan fingerprint density at radius 2 is 1.34 bits per heavy atom. The van der Waals surface area contributed by atoms with Crippen molar-refractivity contribution in [3.05, 3.63) is 105 Å². The molecule has 3 aromatic carbocycles. The zero-order chi connectivity index (χ0) is 31.7. The van der Waals surface area contributed by atoms with Crippen LogP contribution < -0.4 is 4.74 Å². The third kappa shape index (κ3) is 6.34. The molecule has 11 nitrogen and oxygen atoms in total. The first kappa shape index (κ1) is 31.2. The summed E-state index contributed by atoms with van der Waals surface area (Å²) in [5.41, 5.74) is 1.18. The molecule has 13 heteroatoms. The van der Waals surface area contributed by atoms with Crippen molar-refractivity contribution in [2.24, 2.45) is 11.8 Å². The Morgan fingerprint density at radius 3 is 1.86 bits per heavy atom. The summed E-state index contributed by atoms with van der Waals surface area (Å²) in [4.78, 5) is 77.1. The number of Topliss-reactive ketones (excluding diaryl/α,β-unsaturated/α-hetero) is 1. The van der Waals surface area contributed by atoms with E-state index in [4.69, 9.17) is 4.74 Å². The van der Waals surface area contributed by atoms with Crippen LogP contribution in [0.4, 0.5) is 5.69 Å². The highest BCUT2D eigenvalue weighted by molar-refractivity contribution is 9.12. The zero-order valence-corrected chi connectivity index (χ0v) is 26.4. The van der Waals surface area contributed by atoms with Crippen LogP contribution in [-0.2, 0) is 9.59 Å². The lowest BCUT2D eigenvalue weighted by atomic mass is 9.81. The van der Waals surface area contributed by atoms with Crippen molar-refractivity contribution >= 4 is 67.0 Å². The third-order valence-electron chi connectivity index (χ3n) is 7.66. The Labute approximate surface area is 268 Å². The normalized spacial score (nSPS) is 21.0. The Balaban J connectivity index is 1.39. The second-order valence-corrected chi connectivity index (χ2v) is 12.9. The van der Waals surface area contributed by atoms with Crippen molar-refractivity contribution in [2.45, 2.75) is 29.4 Å². The molecule has 1 aliphatic carbocycles. The van der Waals surface area contributed by atoms with Crippen molar-refractivity contribution in [1.29, 1.82) is 0 Å². The number of non-ortho nitro benzene ring substituents is 1. The number of hydrazine groups is 1. The highest BCUT2D eigenvalue weighted by Crippen LogP contribution is 2.43. The number of hydrogen-bond acceptors (Lipinski definition) is 8. The van der Waals surface area contributed by atoms with Crippen LogP contribution in [0.15, 0.2) is 72.8 Å². The van der Waals surface area contributed by atoms with Gasteiger partial charge in [0.1, 0.15) is 12.3 Å². The number of aryl methyl sites for hydroxylation is 1. The van der Waals surface area contributed by atoms with Gasteiger partial charge in [0.15, 0.2) is 5.78 Å². The van der Waals surface area contributed by atoms with Crippen LogP contribution in [0.5, 0.6) is 5.75 Å². The van der Waals surface area contributed by atoms with E-state index < -0.39 is 52.8 Å². The van der Waals surface area contributed by atoms with E-state index in [9.17, 15) is 34.1 Å². The van der Waals surface area contributed by atoms with Crippen LogP contribution in [0.25, 0.3) is 0 Å². The highest BCUT2D eigenvalue weighted by atomic mass is 79.9. The average molecular weight is 727 g/mol. The Hall–Kier alpha value is -4.23. The number of hydrogen-bond donors (Lipinski definition) is 0. The second-order valence-electron chi connectivity index (χ2n) is 10.6. The molecule has 44 heavy (non-hydrogen) atoms. The Bertz CT molecular complexity index is 1620. The Kier molecular flexibility index (Phi) is 9.07. The van der Waals surface area contributed by atoms with E-state index in [0.29, 0.717) is 18.4 Å². The fourth-order valence-electron chi connectivity index (χ4n) is 5.22. The van der Waals surface area contributed by atoms with E-state index in [0.717, 1.165) is 27.7 Å². The summed E-state index contributed by atoms with van der Waals surface area (Å²) in [6.07, 6.45) is 0.718. The van der Waals surface area contributed by atoms with Gasteiger partial charge in [-0.15, -0.1) is 0 Å². The van der Waals surface area contributed by atoms with Crippen LogP contribution in [0, 0.1) is 28.9 Å². The number of alkyl halides is 2. The van der Waals surface area contributed by atoms with Gasteiger partial charge in [0.25, 0.3) is 23.4 Å². The van der Waals surface area contributed by atoms with E-state index in [-0.39, 0.29) is 32.2 Å². The number of amides is 3. The van der Waals surface area contributed by atoms with E-state index in [1.54, 1.807) is 24.3 Å². The molecule has 0 spiro atoms. The van der Waals surface area contributed by atoms with E-state index in [1.165, 1.54) is 36.4 Å². The van der Waals surface area contributed by atoms with Gasteiger partial charge < -0.3 is 4.74 Å². The lowest BCUT2D eigenvalue weighted by Crippen LogP contribution is -2.52. The number of fused-ring (bicyclic) bond motifs is 1. The fourth-order valence-corrected chi connectivity index (χ4v) is 6.45. The first-order chi connectivity index (χ1) is 20.9. The number of ketones is 1. The number of benzene rings is 3. The maximum absolute atomic E-state index is 13.7. The monoisotopic (exact) mass is 725 g/mol. The molecular weight excluding hydrogens is 702 g/mol. The highest BCUT2D eigenvalue weighted by Gasteiger charge is 2.54. The lowest BCUT2D eigenvalue weighted by Gasteiger charge is -2.30. The minimum Gasteiger partial charge on any atom is -0.423 e. The number of nitrogens with zero attached hydrogens (tertiary/aromatic N) is 3. The molecule has 0 radical (unpaired) electrons. The summed E-state index contributed by atoms with van der Waals surface area (Å²) in [5.74, 6) is -4.36. The largest absolute Gasteiger partial charge is 0.423 e. The molecule has 0 aromatic heterocycles. The van der Waals surface area contributed by atoms with E-state index in [2.05, 4.69) is 31.9 Å². The minimum absolute atomic E-state index is 0.0472. The predicted molar refractivity (Wildman–Crippen MR) is 165 cm³/mol. The number of ether oxygens (including phenoxy) is 1. The van der Waals surface area contributed by atoms with E-state index in [1.807, 2.05) is 6.92 Å². The molecule has 0 bridgehead atoms. The molecular formula is C31H25Br2N3O8. The molecule has 0 unspecified atom stereocenters. The summed E-state index contributed by atoms with van der Waals surface area (Å²) < 4.78 is 5.39. The molecule has 226 valence electrons. The topological polar surface area (TPSA) is 144 Å². The molecule has 0 N–H and O–H groups in total. The van der Waals surface area contributed by atoms with Crippen molar-refractivity contribution < 1.29 is 33.6 Å². The van der Waals surface area contributed by atoms with Gasteiger partial charge in [0, 0.05) is 32.9 Å². The lowest BCUT2D eigenvalue weighted by molar-refractivity contribution is -0.384. The molecule has 2 fully saturated rings. The van der Waals surface area contributed by atoms with Gasteiger partial charge in [-0.25, -0.2) is 9.80 Å². The van der Waals surface area contributed by atoms with Gasteiger partial charge in [0.05, 0.1) is 22.3 Å². The van der Waals surface area contributed by atoms with Crippen molar-refractivity contribution in [3.63, 3.8) is 0 Å². The van der Waals surface area contributed by atoms with E-state index >= 15 is 0 Å². The quantitative estimate of drug-likeness (QED) is 0.0580. The van der Waals surface area contributed by atoms with Gasteiger partial charge in [-0.05, 0) is 68.3 Å². The van der Waals surface area contributed by atoms with Crippen LogP contribution in [0.2, 0.25) is 0 Å². The van der Waals surface area contributed by atoms with Crippen molar-refractivity contribution in [1.82, 2.24) is 10.0 Å². The molecule has 2 aliphatic rings. The molecule has 3 amide bonds. The summed E-state index contributed by atoms with van der Waals surface area (Å²) >= 11 is 7.07. The maximum atomic E-state index is 13.7. The SMILES string of the molecule is Cc1ccc(C(=O)Oc2ccc(C(=O)CN(C(=O)c3ccc([N+](=O)[O-])cc3)N3C(=O)[C@H]4C[C@@H](Br)[C@@H](Br)C[C@H]4C3=O)cc2)cc1. The molecule has 1 aliphatic heterocycles.